The number of carboxylic acids is 1. The standard InChI is InChI=1S/C12H17NO4/c1-7-4-3-5-8(10(7)12(16)17)11(15)9(14)6-13-2/h3-5,9,11,13-15H,6H2,1-2H3,(H,16,17). The molecule has 0 aliphatic carbocycles. The summed E-state index contributed by atoms with van der Waals surface area (Å²) in [6.07, 6.45) is -2.26. The van der Waals surface area contributed by atoms with E-state index in [2.05, 4.69) is 5.32 Å². The predicted octanol–water partition coefficient (Wildman–Crippen LogP) is 0.307. The van der Waals surface area contributed by atoms with Crippen molar-refractivity contribution in [3.63, 3.8) is 0 Å². The van der Waals surface area contributed by atoms with Crippen molar-refractivity contribution in [2.75, 3.05) is 13.6 Å². The SMILES string of the molecule is CNCC(O)C(O)c1cccc(C)c1C(=O)O. The molecule has 17 heavy (non-hydrogen) atoms. The first-order valence-electron chi connectivity index (χ1n) is 5.32. The van der Waals surface area contributed by atoms with Crippen molar-refractivity contribution in [1.82, 2.24) is 5.32 Å². The topological polar surface area (TPSA) is 89.8 Å². The summed E-state index contributed by atoms with van der Waals surface area (Å²) < 4.78 is 0. The molecule has 0 aliphatic heterocycles. The monoisotopic (exact) mass is 239 g/mol. The van der Waals surface area contributed by atoms with Crippen molar-refractivity contribution in [2.45, 2.75) is 19.1 Å². The van der Waals surface area contributed by atoms with Crippen LogP contribution in [0.2, 0.25) is 0 Å². The molecule has 0 bridgehead atoms. The van der Waals surface area contributed by atoms with E-state index in [9.17, 15) is 15.0 Å². The van der Waals surface area contributed by atoms with Crippen LogP contribution in [0.5, 0.6) is 0 Å². The molecular weight excluding hydrogens is 222 g/mol. The molecule has 0 fully saturated rings. The van der Waals surface area contributed by atoms with Crippen LogP contribution < -0.4 is 5.32 Å². The van der Waals surface area contributed by atoms with Gasteiger partial charge in [0, 0.05) is 6.54 Å². The summed E-state index contributed by atoms with van der Waals surface area (Å²) in [7, 11) is 1.64. The second kappa shape index (κ2) is 5.77. The van der Waals surface area contributed by atoms with Gasteiger partial charge < -0.3 is 20.6 Å². The fraction of sp³-hybridized carbons (Fsp3) is 0.417. The normalized spacial score (nSPS) is 14.4. The molecule has 4 N–H and O–H groups in total. The van der Waals surface area contributed by atoms with Crippen molar-refractivity contribution in [3.8, 4) is 0 Å². The van der Waals surface area contributed by atoms with Crippen LogP contribution in [0.1, 0.15) is 27.6 Å². The Morgan fingerprint density at radius 1 is 1.41 bits per heavy atom. The van der Waals surface area contributed by atoms with Crippen LogP contribution in [0.4, 0.5) is 0 Å². The number of carbonyl (C=O) groups is 1. The third kappa shape index (κ3) is 3.03. The third-order valence-electron chi connectivity index (χ3n) is 2.62. The van der Waals surface area contributed by atoms with Gasteiger partial charge in [0.25, 0.3) is 0 Å². The summed E-state index contributed by atoms with van der Waals surface area (Å²) in [6.45, 7) is 1.85. The van der Waals surface area contributed by atoms with E-state index in [4.69, 9.17) is 5.11 Å². The predicted molar refractivity (Wildman–Crippen MR) is 63.0 cm³/mol. The van der Waals surface area contributed by atoms with Crippen LogP contribution in [0.25, 0.3) is 0 Å². The molecule has 0 amide bonds. The second-order valence-electron chi connectivity index (χ2n) is 3.91. The van der Waals surface area contributed by atoms with Gasteiger partial charge in [0.1, 0.15) is 6.10 Å². The Labute approximate surface area is 99.7 Å². The number of rotatable bonds is 5. The molecule has 1 aromatic rings. The summed E-state index contributed by atoms with van der Waals surface area (Å²) in [5.41, 5.74) is 0.848. The van der Waals surface area contributed by atoms with Gasteiger partial charge >= 0.3 is 5.97 Å². The van der Waals surface area contributed by atoms with Crippen LogP contribution in [0.3, 0.4) is 0 Å². The summed E-state index contributed by atoms with van der Waals surface area (Å²) in [6, 6.07) is 4.83. The number of carboxylic acid groups (broad SMARTS) is 1. The third-order valence-corrected chi connectivity index (χ3v) is 2.62. The maximum atomic E-state index is 11.1. The molecule has 94 valence electrons. The molecule has 0 radical (unpaired) electrons. The number of benzene rings is 1. The van der Waals surface area contributed by atoms with Crippen LogP contribution in [-0.2, 0) is 0 Å². The van der Waals surface area contributed by atoms with E-state index < -0.39 is 18.2 Å². The highest BCUT2D eigenvalue weighted by Crippen LogP contribution is 2.23. The van der Waals surface area contributed by atoms with E-state index in [1.807, 2.05) is 0 Å². The zero-order chi connectivity index (χ0) is 13.0. The van der Waals surface area contributed by atoms with E-state index in [1.165, 1.54) is 6.07 Å². The van der Waals surface area contributed by atoms with E-state index in [0.717, 1.165) is 0 Å². The van der Waals surface area contributed by atoms with Crippen molar-refractivity contribution in [3.05, 3.63) is 34.9 Å². The zero-order valence-corrected chi connectivity index (χ0v) is 9.84. The van der Waals surface area contributed by atoms with Gasteiger partial charge in [0.15, 0.2) is 0 Å². The van der Waals surface area contributed by atoms with Crippen LogP contribution >= 0.6 is 0 Å². The minimum atomic E-state index is -1.21. The number of nitrogens with one attached hydrogen (secondary N) is 1. The lowest BCUT2D eigenvalue weighted by atomic mass is 9.95. The molecule has 1 aromatic carbocycles. The van der Waals surface area contributed by atoms with Gasteiger partial charge in [-0.25, -0.2) is 4.79 Å². The van der Waals surface area contributed by atoms with E-state index in [1.54, 1.807) is 26.1 Å². The Morgan fingerprint density at radius 2 is 2.06 bits per heavy atom. The zero-order valence-electron chi connectivity index (χ0n) is 9.84. The van der Waals surface area contributed by atoms with Crippen molar-refractivity contribution >= 4 is 5.97 Å². The van der Waals surface area contributed by atoms with E-state index >= 15 is 0 Å². The van der Waals surface area contributed by atoms with Gasteiger partial charge in [0.05, 0.1) is 11.7 Å². The molecule has 0 heterocycles. The van der Waals surface area contributed by atoms with Crippen molar-refractivity contribution < 1.29 is 20.1 Å². The van der Waals surface area contributed by atoms with Crippen molar-refractivity contribution in [1.29, 1.82) is 0 Å². The molecular formula is C12H17NO4. The van der Waals surface area contributed by atoms with E-state index in [0.29, 0.717) is 5.56 Å². The fourth-order valence-corrected chi connectivity index (χ4v) is 1.76. The second-order valence-corrected chi connectivity index (χ2v) is 3.91. The number of aromatic carboxylic acids is 1. The Hall–Kier alpha value is -1.43. The summed E-state index contributed by atoms with van der Waals surface area (Å²) >= 11 is 0. The number of aryl methyl sites for hydroxylation is 1. The lowest BCUT2D eigenvalue weighted by molar-refractivity contribution is 0.0191. The van der Waals surface area contributed by atoms with E-state index in [-0.39, 0.29) is 17.7 Å². The Morgan fingerprint density at radius 3 is 2.59 bits per heavy atom. The quantitative estimate of drug-likeness (QED) is 0.593. The molecule has 5 nitrogen and oxygen atoms in total. The Balaban J connectivity index is 3.13. The largest absolute Gasteiger partial charge is 0.478 e. The first-order valence-corrected chi connectivity index (χ1v) is 5.32. The lowest BCUT2D eigenvalue weighted by Crippen LogP contribution is -2.30. The van der Waals surface area contributed by atoms with Gasteiger partial charge in [-0.1, -0.05) is 18.2 Å². The molecule has 0 aromatic heterocycles. The van der Waals surface area contributed by atoms with Gasteiger partial charge in [-0.2, -0.15) is 0 Å². The average molecular weight is 239 g/mol. The van der Waals surface area contributed by atoms with Gasteiger partial charge in [-0.15, -0.1) is 0 Å². The fourth-order valence-electron chi connectivity index (χ4n) is 1.76. The number of likely N-dealkylation sites (N-methyl/N-ethyl adjacent to an activating group) is 1. The highest BCUT2D eigenvalue weighted by Gasteiger charge is 2.24. The molecule has 0 saturated carbocycles. The summed E-state index contributed by atoms with van der Waals surface area (Å²) in [4.78, 5) is 11.1. The Bertz CT molecular complexity index is 405. The van der Waals surface area contributed by atoms with Crippen molar-refractivity contribution in [2.24, 2.45) is 0 Å². The van der Waals surface area contributed by atoms with Gasteiger partial charge in [-0.3, -0.25) is 0 Å². The minimum absolute atomic E-state index is 0.0511. The summed E-state index contributed by atoms with van der Waals surface area (Å²) in [5, 5.41) is 31.4. The number of hydrogen-bond donors (Lipinski definition) is 4. The first-order chi connectivity index (χ1) is 7.99. The number of aliphatic hydroxyl groups excluding tert-OH is 2. The maximum Gasteiger partial charge on any atom is 0.336 e. The molecule has 0 spiro atoms. The summed E-state index contributed by atoms with van der Waals surface area (Å²) in [5.74, 6) is -1.10. The maximum absolute atomic E-state index is 11.1. The van der Waals surface area contributed by atoms with Crippen LogP contribution in [0.15, 0.2) is 18.2 Å². The smallest absolute Gasteiger partial charge is 0.336 e. The molecule has 0 saturated heterocycles. The first kappa shape index (κ1) is 13.6. The van der Waals surface area contributed by atoms with Gasteiger partial charge in [0.2, 0.25) is 0 Å². The molecule has 2 unspecified atom stereocenters. The highest BCUT2D eigenvalue weighted by molar-refractivity contribution is 5.91. The van der Waals surface area contributed by atoms with Crippen LogP contribution in [-0.4, -0.2) is 41.0 Å². The number of hydrogen-bond acceptors (Lipinski definition) is 4. The lowest BCUT2D eigenvalue weighted by Gasteiger charge is -2.20. The minimum Gasteiger partial charge on any atom is -0.478 e. The molecule has 2 atom stereocenters. The molecule has 5 heteroatoms. The highest BCUT2D eigenvalue weighted by atomic mass is 16.4. The van der Waals surface area contributed by atoms with Crippen LogP contribution in [0, 0.1) is 6.92 Å². The molecule has 1 rings (SSSR count). The van der Waals surface area contributed by atoms with Gasteiger partial charge in [-0.05, 0) is 25.1 Å². The average Bonchev–Trinajstić information content (AvgIpc) is 2.27. The Kier molecular flexibility index (Phi) is 4.62. The molecule has 0 aliphatic rings. The number of aliphatic hydroxyl groups is 2.